The fourth-order valence-corrected chi connectivity index (χ4v) is 3.46. The number of carbonyl (C=O) groups excluding carboxylic acids is 2. The molecule has 1 saturated heterocycles. The Hall–Kier alpha value is -1.13. The Balaban J connectivity index is 2.02. The Bertz CT molecular complexity index is 573. The molecule has 1 aromatic rings. The van der Waals surface area contributed by atoms with Crippen molar-refractivity contribution in [2.45, 2.75) is 12.8 Å². The molecular formula is C14H11BrClNO2. The molecule has 1 aliphatic heterocycles. The van der Waals surface area contributed by atoms with Crippen LogP contribution in [0.3, 0.4) is 0 Å². The summed E-state index contributed by atoms with van der Waals surface area (Å²) in [4.78, 5) is 26.0. The minimum absolute atomic E-state index is 0.136. The van der Waals surface area contributed by atoms with Crippen LogP contribution in [-0.4, -0.2) is 11.8 Å². The van der Waals surface area contributed by atoms with Gasteiger partial charge in [-0.15, -0.1) is 0 Å². The summed E-state index contributed by atoms with van der Waals surface area (Å²) in [5.74, 6) is -0.721. The molecule has 19 heavy (non-hydrogen) atoms. The Morgan fingerprint density at radius 2 is 1.68 bits per heavy atom. The van der Waals surface area contributed by atoms with Crippen molar-refractivity contribution in [3.8, 4) is 0 Å². The van der Waals surface area contributed by atoms with Crippen LogP contribution in [0.2, 0.25) is 5.02 Å². The molecule has 98 valence electrons. The molecule has 0 radical (unpaired) electrons. The molecule has 1 aromatic carbocycles. The lowest BCUT2D eigenvalue weighted by Crippen LogP contribution is -2.31. The second kappa shape index (κ2) is 4.76. The largest absolute Gasteiger partial charge is 0.274 e. The van der Waals surface area contributed by atoms with Crippen LogP contribution < -0.4 is 4.90 Å². The Morgan fingerprint density at radius 1 is 1.11 bits per heavy atom. The monoisotopic (exact) mass is 339 g/mol. The number of amides is 2. The molecule has 0 bridgehead atoms. The van der Waals surface area contributed by atoms with E-state index in [-0.39, 0.29) is 23.7 Å². The second-order valence-electron chi connectivity index (χ2n) is 4.76. The zero-order valence-electron chi connectivity index (χ0n) is 9.98. The molecule has 2 atom stereocenters. The van der Waals surface area contributed by atoms with Crippen LogP contribution in [0.1, 0.15) is 12.8 Å². The van der Waals surface area contributed by atoms with Crippen molar-refractivity contribution in [2.75, 3.05) is 4.90 Å². The van der Waals surface area contributed by atoms with E-state index in [1.54, 1.807) is 18.2 Å². The topological polar surface area (TPSA) is 37.4 Å². The standard InChI is InChI=1S/C14H11BrClNO2/c15-8-5-6-12(11(16)7-8)17-13(18)9-3-1-2-4-10(9)14(17)19/h1-2,5-7,9-10H,3-4H2/t9-,10-/m0/s1. The van der Waals surface area contributed by atoms with E-state index >= 15 is 0 Å². The van der Waals surface area contributed by atoms with E-state index in [1.807, 2.05) is 12.2 Å². The summed E-state index contributed by atoms with van der Waals surface area (Å²) < 4.78 is 0.819. The first kappa shape index (κ1) is 12.9. The molecule has 0 aromatic heterocycles. The molecule has 0 N–H and O–H groups in total. The summed E-state index contributed by atoms with van der Waals surface area (Å²) in [5.41, 5.74) is 0.481. The number of anilines is 1. The lowest BCUT2D eigenvalue weighted by atomic mass is 9.85. The molecule has 0 unspecified atom stereocenters. The second-order valence-corrected chi connectivity index (χ2v) is 6.09. The number of halogens is 2. The zero-order valence-corrected chi connectivity index (χ0v) is 12.3. The Morgan fingerprint density at radius 3 is 2.21 bits per heavy atom. The molecule has 1 heterocycles. The predicted octanol–water partition coefficient (Wildman–Crippen LogP) is 3.56. The summed E-state index contributed by atoms with van der Waals surface area (Å²) in [5, 5.41) is 0.405. The summed E-state index contributed by atoms with van der Waals surface area (Å²) in [6.07, 6.45) is 5.22. The molecule has 1 fully saturated rings. The van der Waals surface area contributed by atoms with Gasteiger partial charge in [-0.3, -0.25) is 9.59 Å². The molecule has 3 nitrogen and oxygen atoms in total. The number of carbonyl (C=O) groups is 2. The zero-order chi connectivity index (χ0) is 13.6. The SMILES string of the molecule is O=C1[C@H]2CC=CC[C@@H]2C(=O)N1c1ccc(Br)cc1Cl. The number of fused-ring (bicyclic) bond motifs is 1. The maximum Gasteiger partial charge on any atom is 0.238 e. The van der Waals surface area contributed by atoms with Gasteiger partial charge in [-0.05, 0) is 31.0 Å². The molecular weight excluding hydrogens is 330 g/mol. The van der Waals surface area contributed by atoms with Crippen molar-refractivity contribution < 1.29 is 9.59 Å². The van der Waals surface area contributed by atoms with Crippen molar-refractivity contribution in [1.82, 2.24) is 0 Å². The maximum atomic E-state index is 12.4. The van der Waals surface area contributed by atoms with Gasteiger partial charge in [0, 0.05) is 4.47 Å². The molecule has 5 heteroatoms. The Labute approximate surface area is 124 Å². The number of hydrogen-bond donors (Lipinski definition) is 0. The highest BCUT2D eigenvalue weighted by atomic mass is 79.9. The lowest BCUT2D eigenvalue weighted by molar-refractivity contribution is -0.122. The van der Waals surface area contributed by atoms with E-state index in [0.717, 1.165) is 4.47 Å². The highest BCUT2D eigenvalue weighted by molar-refractivity contribution is 9.10. The van der Waals surface area contributed by atoms with E-state index < -0.39 is 0 Å². The number of imide groups is 1. The van der Waals surface area contributed by atoms with E-state index in [9.17, 15) is 9.59 Å². The maximum absolute atomic E-state index is 12.4. The molecule has 0 spiro atoms. The molecule has 3 rings (SSSR count). The first-order valence-electron chi connectivity index (χ1n) is 6.07. The van der Waals surface area contributed by atoms with Crippen LogP contribution in [0.4, 0.5) is 5.69 Å². The molecule has 1 aliphatic carbocycles. The number of benzene rings is 1. The minimum Gasteiger partial charge on any atom is -0.274 e. The third kappa shape index (κ3) is 2.03. The first-order chi connectivity index (χ1) is 9.09. The van der Waals surface area contributed by atoms with Crippen molar-refractivity contribution in [3.05, 3.63) is 39.8 Å². The number of allylic oxidation sites excluding steroid dienone is 2. The van der Waals surface area contributed by atoms with Crippen LogP contribution in [0.15, 0.2) is 34.8 Å². The van der Waals surface area contributed by atoms with Gasteiger partial charge in [0.15, 0.2) is 0 Å². The van der Waals surface area contributed by atoms with Gasteiger partial charge in [0.25, 0.3) is 0 Å². The highest BCUT2D eigenvalue weighted by Crippen LogP contribution is 2.40. The average Bonchev–Trinajstić information content (AvgIpc) is 2.64. The van der Waals surface area contributed by atoms with Gasteiger partial charge in [0.05, 0.1) is 22.5 Å². The van der Waals surface area contributed by atoms with Crippen LogP contribution in [-0.2, 0) is 9.59 Å². The van der Waals surface area contributed by atoms with E-state index in [1.165, 1.54) is 4.90 Å². The van der Waals surface area contributed by atoms with Gasteiger partial charge in [-0.2, -0.15) is 0 Å². The van der Waals surface area contributed by atoms with E-state index in [4.69, 9.17) is 11.6 Å². The minimum atomic E-state index is -0.225. The van der Waals surface area contributed by atoms with Crippen molar-refractivity contribution in [1.29, 1.82) is 0 Å². The number of hydrogen-bond acceptors (Lipinski definition) is 2. The van der Waals surface area contributed by atoms with Gasteiger partial charge in [-0.25, -0.2) is 4.90 Å². The van der Waals surface area contributed by atoms with Gasteiger partial charge in [0.1, 0.15) is 0 Å². The predicted molar refractivity (Wildman–Crippen MR) is 77.0 cm³/mol. The fourth-order valence-electron chi connectivity index (χ4n) is 2.70. The first-order valence-corrected chi connectivity index (χ1v) is 7.24. The van der Waals surface area contributed by atoms with Gasteiger partial charge in [0.2, 0.25) is 11.8 Å². The summed E-state index contributed by atoms with van der Waals surface area (Å²) >= 11 is 9.46. The normalized spacial score (nSPS) is 25.9. The Kier molecular flexibility index (Phi) is 3.23. The average molecular weight is 341 g/mol. The highest BCUT2D eigenvalue weighted by Gasteiger charge is 2.48. The van der Waals surface area contributed by atoms with Crippen molar-refractivity contribution in [3.63, 3.8) is 0 Å². The lowest BCUT2D eigenvalue weighted by Gasteiger charge is -2.16. The third-order valence-corrected chi connectivity index (χ3v) is 4.45. The van der Waals surface area contributed by atoms with E-state index in [2.05, 4.69) is 15.9 Å². The van der Waals surface area contributed by atoms with Crippen LogP contribution in [0.5, 0.6) is 0 Å². The van der Waals surface area contributed by atoms with Crippen LogP contribution in [0.25, 0.3) is 0 Å². The fraction of sp³-hybridized carbons (Fsp3) is 0.286. The number of nitrogens with zero attached hydrogens (tertiary/aromatic N) is 1. The summed E-state index contributed by atoms with van der Waals surface area (Å²) in [7, 11) is 0. The smallest absolute Gasteiger partial charge is 0.238 e. The molecule has 0 saturated carbocycles. The molecule has 2 aliphatic rings. The summed E-state index contributed by atoms with van der Waals surface area (Å²) in [6, 6.07) is 5.17. The van der Waals surface area contributed by atoms with Crippen LogP contribution >= 0.6 is 27.5 Å². The third-order valence-electron chi connectivity index (χ3n) is 3.66. The van der Waals surface area contributed by atoms with E-state index in [0.29, 0.717) is 23.6 Å². The van der Waals surface area contributed by atoms with Gasteiger partial charge >= 0.3 is 0 Å². The molecule has 2 amide bonds. The van der Waals surface area contributed by atoms with Crippen molar-refractivity contribution in [2.24, 2.45) is 11.8 Å². The van der Waals surface area contributed by atoms with Gasteiger partial charge in [-0.1, -0.05) is 39.7 Å². The van der Waals surface area contributed by atoms with Gasteiger partial charge < -0.3 is 0 Å². The quantitative estimate of drug-likeness (QED) is 0.579. The van der Waals surface area contributed by atoms with Crippen LogP contribution in [0, 0.1) is 11.8 Å². The summed E-state index contributed by atoms with van der Waals surface area (Å²) in [6.45, 7) is 0. The number of rotatable bonds is 1. The van der Waals surface area contributed by atoms with Crippen molar-refractivity contribution >= 4 is 45.0 Å².